The molecule has 0 bridgehead atoms. The molecule has 1 aliphatic heterocycles. The van der Waals surface area contributed by atoms with E-state index < -0.39 is 17.8 Å². The minimum Gasteiger partial charge on any atom is -0.493 e. The Morgan fingerprint density at radius 3 is 2.82 bits per heavy atom. The lowest BCUT2D eigenvalue weighted by Crippen LogP contribution is -2.33. The maximum Gasteiger partial charge on any atom is 0.268 e. The molecule has 1 aliphatic rings. The zero-order valence-corrected chi connectivity index (χ0v) is 15.7. The van der Waals surface area contributed by atoms with Gasteiger partial charge in [0.1, 0.15) is 17.3 Å². The van der Waals surface area contributed by atoms with Gasteiger partial charge in [-0.2, -0.15) is 0 Å². The SMILES string of the molecule is Cn1c(C(=O)NC2CCOc3cc(C(N)=O)c(F)cc32)cc2ccc(Cl)cc21. The van der Waals surface area contributed by atoms with E-state index in [9.17, 15) is 14.0 Å². The van der Waals surface area contributed by atoms with Crippen LogP contribution in [0.1, 0.15) is 38.9 Å². The Bertz CT molecular complexity index is 1130. The number of nitrogens with two attached hydrogens (primary N) is 1. The maximum atomic E-state index is 14.2. The molecule has 8 heteroatoms. The molecule has 0 saturated carbocycles. The number of benzene rings is 2. The molecule has 3 aromatic rings. The van der Waals surface area contributed by atoms with Gasteiger partial charge in [-0.3, -0.25) is 9.59 Å². The topological polar surface area (TPSA) is 86.3 Å². The van der Waals surface area contributed by atoms with Crippen LogP contribution in [0.5, 0.6) is 5.75 Å². The molecule has 1 aromatic heterocycles. The fraction of sp³-hybridized carbons (Fsp3) is 0.200. The van der Waals surface area contributed by atoms with Crippen molar-refractivity contribution in [2.24, 2.45) is 12.8 Å². The Morgan fingerprint density at radius 2 is 2.07 bits per heavy atom. The van der Waals surface area contributed by atoms with E-state index in [0.29, 0.717) is 35.1 Å². The lowest BCUT2D eigenvalue weighted by atomic mass is 9.98. The molecule has 2 heterocycles. The summed E-state index contributed by atoms with van der Waals surface area (Å²) in [6.07, 6.45) is 0.476. The molecule has 0 radical (unpaired) electrons. The Kier molecular flexibility index (Phi) is 4.47. The summed E-state index contributed by atoms with van der Waals surface area (Å²) < 4.78 is 21.5. The highest BCUT2D eigenvalue weighted by Gasteiger charge is 2.27. The second-order valence-electron chi connectivity index (χ2n) is 6.69. The number of aromatic nitrogens is 1. The Hall–Kier alpha value is -3.06. The van der Waals surface area contributed by atoms with Crippen LogP contribution in [0.25, 0.3) is 10.9 Å². The number of nitrogens with zero attached hydrogens (tertiary/aromatic N) is 1. The first-order valence-corrected chi connectivity index (χ1v) is 9.05. The monoisotopic (exact) mass is 401 g/mol. The number of ether oxygens (including phenoxy) is 1. The van der Waals surface area contributed by atoms with Crippen molar-refractivity contribution in [3.8, 4) is 5.75 Å². The molecule has 0 aliphatic carbocycles. The van der Waals surface area contributed by atoms with Crippen molar-refractivity contribution in [2.45, 2.75) is 12.5 Å². The lowest BCUT2D eigenvalue weighted by Gasteiger charge is -2.27. The molecule has 6 nitrogen and oxygen atoms in total. The summed E-state index contributed by atoms with van der Waals surface area (Å²) in [4.78, 5) is 24.2. The van der Waals surface area contributed by atoms with E-state index in [-0.39, 0.29) is 11.5 Å². The summed E-state index contributed by atoms with van der Waals surface area (Å²) in [5, 5.41) is 4.40. The van der Waals surface area contributed by atoms with Gasteiger partial charge in [0.25, 0.3) is 11.8 Å². The first kappa shape index (κ1) is 18.3. The van der Waals surface area contributed by atoms with E-state index in [4.69, 9.17) is 22.1 Å². The molecule has 2 aromatic carbocycles. The Balaban J connectivity index is 1.66. The van der Waals surface area contributed by atoms with Gasteiger partial charge in [-0.15, -0.1) is 0 Å². The van der Waals surface area contributed by atoms with Crippen molar-refractivity contribution >= 4 is 34.3 Å². The summed E-state index contributed by atoms with van der Waals surface area (Å²) in [5.41, 5.74) is 6.72. The maximum absolute atomic E-state index is 14.2. The summed E-state index contributed by atoms with van der Waals surface area (Å²) in [5.74, 6) is -1.57. The van der Waals surface area contributed by atoms with Gasteiger partial charge in [0.05, 0.1) is 18.2 Å². The number of carbonyl (C=O) groups is 2. The van der Waals surface area contributed by atoms with E-state index in [0.717, 1.165) is 10.9 Å². The van der Waals surface area contributed by atoms with Gasteiger partial charge in [0.2, 0.25) is 0 Å². The molecule has 0 saturated heterocycles. The Morgan fingerprint density at radius 1 is 1.29 bits per heavy atom. The van der Waals surface area contributed by atoms with Crippen LogP contribution in [0.3, 0.4) is 0 Å². The zero-order valence-electron chi connectivity index (χ0n) is 15.0. The van der Waals surface area contributed by atoms with Crippen molar-refractivity contribution in [3.05, 3.63) is 64.1 Å². The standard InChI is InChI=1S/C20H17ClFN3O3/c1-25-16-7-11(21)3-2-10(16)6-17(25)20(27)24-15-4-5-28-18-9-12(19(23)26)14(22)8-13(15)18/h2-3,6-9,15H,4-5H2,1H3,(H2,23,26)(H,24,27). The average Bonchev–Trinajstić information content (AvgIpc) is 2.98. The van der Waals surface area contributed by atoms with Crippen LogP contribution in [-0.2, 0) is 7.05 Å². The van der Waals surface area contributed by atoms with Gasteiger partial charge in [-0.05, 0) is 30.3 Å². The number of rotatable bonds is 3. The number of fused-ring (bicyclic) bond motifs is 2. The fourth-order valence-corrected chi connectivity index (χ4v) is 3.67. The van der Waals surface area contributed by atoms with E-state index in [2.05, 4.69) is 5.32 Å². The second-order valence-corrected chi connectivity index (χ2v) is 7.13. The summed E-state index contributed by atoms with van der Waals surface area (Å²) in [6.45, 7) is 0.326. The molecule has 28 heavy (non-hydrogen) atoms. The van der Waals surface area contributed by atoms with Gasteiger partial charge >= 0.3 is 0 Å². The number of aryl methyl sites for hydroxylation is 1. The van der Waals surface area contributed by atoms with Crippen LogP contribution in [0.4, 0.5) is 4.39 Å². The van der Waals surface area contributed by atoms with Gasteiger partial charge < -0.3 is 20.4 Å². The fourth-order valence-electron chi connectivity index (χ4n) is 3.50. The highest BCUT2D eigenvalue weighted by atomic mass is 35.5. The smallest absolute Gasteiger partial charge is 0.268 e. The van der Waals surface area contributed by atoms with Gasteiger partial charge in [0, 0.05) is 35.0 Å². The predicted molar refractivity (Wildman–Crippen MR) is 103 cm³/mol. The van der Waals surface area contributed by atoms with Crippen molar-refractivity contribution in [3.63, 3.8) is 0 Å². The normalized spacial score (nSPS) is 15.8. The van der Waals surface area contributed by atoms with E-state index in [1.807, 2.05) is 6.07 Å². The Labute approximate surface area is 165 Å². The number of carbonyl (C=O) groups excluding carboxylic acids is 2. The number of nitrogens with one attached hydrogen (secondary N) is 1. The van der Waals surface area contributed by atoms with Crippen LogP contribution in [-0.4, -0.2) is 23.0 Å². The van der Waals surface area contributed by atoms with Crippen molar-refractivity contribution in [1.82, 2.24) is 9.88 Å². The van der Waals surface area contributed by atoms with Crippen molar-refractivity contribution < 1.29 is 18.7 Å². The molecule has 144 valence electrons. The molecule has 3 N–H and O–H groups in total. The first-order valence-electron chi connectivity index (χ1n) is 8.67. The zero-order chi connectivity index (χ0) is 20.0. The summed E-state index contributed by atoms with van der Waals surface area (Å²) in [6, 6.07) is 9.20. The molecule has 0 fully saturated rings. The van der Waals surface area contributed by atoms with Crippen LogP contribution >= 0.6 is 11.6 Å². The predicted octanol–water partition coefficient (Wildman–Crippen LogP) is 3.32. The van der Waals surface area contributed by atoms with E-state index in [1.165, 1.54) is 12.1 Å². The number of amides is 2. The summed E-state index contributed by atoms with van der Waals surface area (Å²) >= 11 is 6.04. The van der Waals surface area contributed by atoms with E-state index in [1.54, 1.807) is 29.8 Å². The lowest BCUT2D eigenvalue weighted by molar-refractivity contribution is 0.0914. The molecule has 0 spiro atoms. The molecule has 1 unspecified atom stereocenters. The van der Waals surface area contributed by atoms with Crippen LogP contribution in [0.15, 0.2) is 36.4 Å². The van der Waals surface area contributed by atoms with Crippen LogP contribution < -0.4 is 15.8 Å². The minimum absolute atomic E-state index is 0.240. The molecular formula is C20H17ClFN3O3. The first-order chi connectivity index (χ1) is 13.3. The second kappa shape index (κ2) is 6.83. The third kappa shape index (κ3) is 3.07. The largest absolute Gasteiger partial charge is 0.493 e. The number of hydrogen-bond acceptors (Lipinski definition) is 3. The van der Waals surface area contributed by atoms with Gasteiger partial charge in [0.15, 0.2) is 0 Å². The van der Waals surface area contributed by atoms with Gasteiger partial charge in [-0.1, -0.05) is 17.7 Å². The third-order valence-corrected chi connectivity index (χ3v) is 5.18. The molecular weight excluding hydrogens is 385 g/mol. The number of halogens is 2. The quantitative estimate of drug-likeness (QED) is 0.705. The van der Waals surface area contributed by atoms with Crippen molar-refractivity contribution in [2.75, 3.05) is 6.61 Å². The van der Waals surface area contributed by atoms with Crippen LogP contribution in [0.2, 0.25) is 5.02 Å². The van der Waals surface area contributed by atoms with Crippen molar-refractivity contribution in [1.29, 1.82) is 0 Å². The average molecular weight is 402 g/mol. The van der Waals surface area contributed by atoms with Crippen LogP contribution in [0, 0.1) is 5.82 Å². The number of hydrogen-bond donors (Lipinski definition) is 2. The van der Waals surface area contributed by atoms with Gasteiger partial charge in [-0.25, -0.2) is 4.39 Å². The molecule has 1 atom stereocenters. The van der Waals surface area contributed by atoms with E-state index >= 15 is 0 Å². The molecule has 4 rings (SSSR count). The molecule has 2 amide bonds. The number of primary amides is 1. The third-order valence-electron chi connectivity index (χ3n) is 4.95. The highest BCUT2D eigenvalue weighted by Crippen LogP contribution is 2.34. The highest BCUT2D eigenvalue weighted by molar-refractivity contribution is 6.31. The minimum atomic E-state index is -0.871. The summed E-state index contributed by atoms with van der Waals surface area (Å²) in [7, 11) is 1.78.